The van der Waals surface area contributed by atoms with E-state index in [9.17, 15) is 5.11 Å². The molecule has 1 aliphatic heterocycles. The van der Waals surface area contributed by atoms with Gasteiger partial charge in [0.15, 0.2) is 0 Å². The smallest absolute Gasteiger partial charge is 0.0692 e. The predicted molar refractivity (Wildman–Crippen MR) is 73.5 cm³/mol. The number of hydrogen-bond donors (Lipinski definition) is 3. The van der Waals surface area contributed by atoms with Crippen LogP contribution in [-0.4, -0.2) is 36.4 Å². The molecule has 3 nitrogen and oxygen atoms in total. The molecule has 1 heterocycles. The normalized spacial score (nSPS) is 38.8. The highest BCUT2D eigenvalue weighted by Crippen LogP contribution is 2.33. The Bertz CT molecular complexity index is 261. The van der Waals surface area contributed by atoms with Crippen LogP contribution in [0.25, 0.3) is 0 Å². The highest BCUT2D eigenvalue weighted by molar-refractivity contribution is 4.92. The van der Waals surface area contributed by atoms with Gasteiger partial charge in [0.1, 0.15) is 0 Å². The van der Waals surface area contributed by atoms with Crippen molar-refractivity contribution in [3.8, 4) is 0 Å². The average molecular weight is 252 g/mol. The quantitative estimate of drug-likeness (QED) is 0.697. The van der Waals surface area contributed by atoms with Crippen LogP contribution in [0, 0.1) is 11.8 Å². The van der Waals surface area contributed by atoms with Crippen LogP contribution in [0.15, 0.2) is 0 Å². The average Bonchev–Trinajstić information content (AvgIpc) is 3.12. The molecule has 18 heavy (non-hydrogen) atoms. The van der Waals surface area contributed by atoms with E-state index >= 15 is 0 Å². The fourth-order valence-corrected chi connectivity index (χ4v) is 3.89. The molecule has 3 N–H and O–H groups in total. The van der Waals surface area contributed by atoms with E-state index in [-0.39, 0.29) is 6.10 Å². The van der Waals surface area contributed by atoms with Gasteiger partial charge in [-0.05, 0) is 56.9 Å². The number of nitrogens with one attached hydrogen (secondary N) is 2. The van der Waals surface area contributed by atoms with Crippen molar-refractivity contribution in [2.24, 2.45) is 11.8 Å². The van der Waals surface area contributed by atoms with Crippen molar-refractivity contribution in [2.45, 2.75) is 69.6 Å². The minimum absolute atomic E-state index is 0.0934. The Hall–Kier alpha value is -0.120. The van der Waals surface area contributed by atoms with Gasteiger partial charge in [-0.3, -0.25) is 0 Å². The molecule has 3 fully saturated rings. The molecule has 3 rings (SSSR count). The molecule has 0 radical (unpaired) electrons. The minimum atomic E-state index is -0.0934. The van der Waals surface area contributed by atoms with Gasteiger partial charge in [-0.1, -0.05) is 12.8 Å². The van der Waals surface area contributed by atoms with Crippen LogP contribution in [0.4, 0.5) is 0 Å². The fourth-order valence-electron chi connectivity index (χ4n) is 3.89. The molecule has 3 aliphatic rings. The second-order valence-electron chi connectivity index (χ2n) is 6.57. The Balaban J connectivity index is 1.50. The zero-order chi connectivity index (χ0) is 12.4. The number of hydrogen-bond acceptors (Lipinski definition) is 3. The second-order valence-corrected chi connectivity index (χ2v) is 6.57. The van der Waals surface area contributed by atoms with Gasteiger partial charge in [0.2, 0.25) is 0 Å². The Morgan fingerprint density at radius 2 is 1.89 bits per heavy atom. The lowest BCUT2D eigenvalue weighted by Crippen LogP contribution is -2.48. The van der Waals surface area contributed by atoms with Crippen molar-refractivity contribution in [3.63, 3.8) is 0 Å². The number of aliphatic hydroxyl groups is 1. The summed E-state index contributed by atoms with van der Waals surface area (Å²) < 4.78 is 0. The molecule has 0 aromatic carbocycles. The first-order valence-corrected chi connectivity index (χ1v) is 7.99. The lowest BCUT2D eigenvalue weighted by Gasteiger charge is -2.36. The van der Waals surface area contributed by atoms with Crippen molar-refractivity contribution in [3.05, 3.63) is 0 Å². The van der Waals surface area contributed by atoms with Crippen LogP contribution in [0.5, 0.6) is 0 Å². The van der Waals surface area contributed by atoms with Crippen molar-refractivity contribution >= 4 is 0 Å². The van der Waals surface area contributed by atoms with Gasteiger partial charge < -0.3 is 15.7 Å². The van der Waals surface area contributed by atoms with Crippen molar-refractivity contribution in [1.29, 1.82) is 0 Å². The summed E-state index contributed by atoms with van der Waals surface area (Å²) >= 11 is 0. The van der Waals surface area contributed by atoms with Crippen molar-refractivity contribution in [1.82, 2.24) is 10.6 Å². The van der Waals surface area contributed by atoms with Crippen molar-refractivity contribution in [2.75, 3.05) is 13.1 Å². The SMILES string of the molecule is OC(CNC1CCCCC1C1CCCN1)C1CC1. The summed E-state index contributed by atoms with van der Waals surface area (Å²) in [4.78, 5) is 0. The molecular weight excluding hydrogens is 224 g/mol. The van der Waals surface area contributed by atoms with Gasteiger partial charge in [-0.15, -0.1) is 0 Å². The standard InChI is InChI=1S/C15H28N2O/c18-15(11-7-8-11)10-17-14-5-2-1-4-12(14)13-6-3-9-16-13/h11-18H,1-10H2. The first-order chi connectivity index (χ1) is 8.84. The van der Waals surface area contributed by atoms with Crippen LogP contribution in [0.2, 0.25) is 0 Å². The third-order valence-electron chi connectivity index (χ3n) is 5.19. The summed E-state index contributed by atoms with van der Waals surface area (Å²) in [6.07, 6.45) is 10.5. The van der Waals surface area contributed by atoms with E-state index in [1.165, 1.54) is 57.9 Å². The summed E-state index contributed by atoms with van der Waals surface area (Å²) in [6, 6.07) is 1.38. The van der Waals surface area contributed by atoms with Crippen LogP contribution < -0.4 is 10.6 Å². The summed E-state index contributed by atoms with van der Waals surface area (Å²) in [7, 11) is 0. The van der Waals surface area contributed by atoms with E-state index in [2.05, 4.69) is 10.6 Å². The lowest BCUT2D eigenvalue weighted by molar-refractivity contribution is 0.128. The van der Waals surface area contributed by atoms with Gasteiger partial charge in [-0.2, -0.15) is 0 Å². The molecule has 2 saturated carbocycles. The van der Waals surface area contributed by atoms with Crippen LogP contribution in [-0.2, 0) is 0 Å². The fraction of sp³-hybridized carbons (Fsp3) is 1.00. The van der Waals surface area contributed by atoms with Crippen LogP contribution in [0.1, 0.15) is 51.4 Å². The number of rotatable bonds is 5. The topological polar surface area (TPSA) is 44.3 Å². The van der Waals surface area contributed by atoms with Crippen molar-refractivity contribution < 1.29 is 5.11 Å². The molecule has 104 valence electrons. The van der Waals surface area contributed by atoms with E-state index in [1.54, 1.807) is 0 Å². The first-order valence-electron chi connectivity index (χ1n) is 7.99. The second kappa shape index (κ2) is 5.89. The zero-order valence-corrected chi connectivity index (χ0v) is 11.4. The maximum absolute atomic E-state index is 9.99. The van der Waals surface area contributed by atoms with Gasteiger partial charge in [0.05, 0.1) is 6.10 Å². The molecule has 2 aliphatic carbocycles. The monoisotopic (exact) mass is 252 g/mol. The number of aliphatic hydroxyl groups excluding tert-OH is 1. The molecule has 4 unspecified atom stereocenters. The molecule has 4 atom stereocenters. The van der Waals surface area contributed by atoms with E-state index in [0.717, 1.165) is 18.5 Å². The largest absolute Gasteiger partial charge is 0.392 e. The van der Waals surface area contributed by atoms with E-state index in [4.69, 9.17) is 0 Å². The zero-order valence-electron chi connectivity index (χ0n) is 11.4. The molecule has 0 aromatic heterocycles. The summed E-state index contributed by atoms with van der Waals surface area (Å²) in [5, 5.41) is 17.3. The maximum Gasteiger partial charge on any atom is 0.0692 e. The van der Waals surface area contributed by atoms with Gasteiger partial charge in [-0.25, -0.2) is 0 Å². The van der Waals surface area contributed by atoms with Crippen LogP contribution >= 0.6 is 0 Å². The third-order valence-corrected chi connectivity index (χ3v) is 5.19. The Kier molecular flexibility index (Phi) is 4.22. The molecule has 0 bridgehead atoms. The first kappa shape index (κ1) is 12.9. The lowest BCUT2D eigenvalue weighted by atomic mass is 9.79. The Morgan fingerprint density at radius 1 is 1.06 bits per heavy atom. The molecule has 1 saturated heterocycles. The van der Waals surface area contributed by atoms with E-state index in [1.807, 2.05) is 0 Å². The van der Waals surface area contributed by atoms with Gasteiger partial charge in [0, 0.05) is 18.6 Å². The van der Waals surface area contributed by atoms with E-state index < -0.39 is 0 Å². The van der Waals surface area contributed by atoms with Gasteiger partial charge >= 0.3 is 0 Å². The summed E-state index contributed by atoms with van der Waals surface area (Å²) in [5.41, 5.74) is 0. The maximum atomic E-state index is 9.99. The van der Waals surface area contributed by atoms with Gasteiger partial charge in [0.25, 0.3) is 0 Å². The summed E-state index contributed by atoms with van der Waals surface area (Å²) in [5.74, 6) is 1.40. The highest BCUT2D eigenvalue weighted by atomic mass is 16.3. The van der Waals surface area contributed by atoms with Crippen LogP contribution in [0.3, 0.4) is 0 Å². The Morgan fingerprint density at radius 3 is 2.61 bits per heavy atom. The van der Waals surface area contributed by atoms with E-state index in [0.29, 0.717) is 12.0 Å². The molecule has 0 amide bonds. The summed E-state index contributed by atoms with van der Waals surface area (Å²) in [6.45, 7) is 2.02. The highest BCUT2D eigenvalue weighted by Gasteiger charge is 2.34. The minimum Gasteiger partial charge on any atom is -0.392 e. The molecular formula is C15H28N2O. The molecule has 3 heteroatoms. The predicted octanol–water partition coefficient (Wildman–Crippen LogP) is 1.66. The Labute approximate surface area is 111 Å². The molecule has 0 spiro atoms. The third kappa shape index (κ3) is 3.06. The molecule has 0 aromatic rings.